The van der Waals surface area contributed by atoms with Crippen LogP contribution in [-0.4, -0.2) is 16.1 Å². The summed E-state index contributed by atoms with van der Waals surface area (Å²) in [5, 5.41) is 3.45. The molecule has 0 aliphatic heterocycles. The lowest BCUT2D eigenvalue weighted by molar-refractivity contribution is 0.406. The van der Waals surface area contributed by atoms with Gasteiger partial charge in [0.15, 0.2) is 0 Å². The molecule has 1 rings (SSSR count). The molecule has 0 aliphatic carbocycles. The normalized spacial score (nSPS) is 11.6. The Morgan fingerprint density at radius 3 is 2.59 bits per heavy atom. The molecule has 0 amide bonds. The van der Waals surface area contributed by atoms with Gasteiger partial charge >= 0.3 is 0 Å². The number of aromatic nitrogens is 2. The van der Waals surface area contributed by atoms with Crippen LogP contribution in [0.2, 0.25) is 0 Å². The van der Waals surface area contributed by atoms with Crippen molar-refractivity contribution in [2.75, 3.05) is 6.54 Å². The van der Waals surface area contributed by atoms with Crippen molar-refractivity contribution in [3.05, 3.63) is 18.2 Å². The van der Waals surface area contributed by atoms with Gasteiger partial charge in [0.1, 0.15) is 5.82 Å². The molecular formula is C14H27N3. The molecule has 3 nitrogen and oxygen atoms in total. The van der Waals surface area contributed by atoms with Crippen molar-refractivity contribution < 1.29 is 0 Å². The van der Waals surface area contributed by atoms with Crippen LogP contribution in [0.25, 0.3) is 0 Å². The van der Waals surface area contributed by atoms with Crippen molar-refractivity contribution >= 4 is 0 Å². The van der Waals surface area contributed by atoms with Crippen molar-refractivity contribution in [1.82, 2.24) is 14.9 Å². The van der Waals surface area contributed by atoms with Crippen LogP contribution < -0.4 is 5.32 Å². The lowest BCUT2D eigenvalue weighted by Gasteiger charge is -2.15. The number of nitrogens with one attached hydrogen (secondary N) is 1. The Labute approximate surface area is 106 Å². The predicted octanol–water partition coefficient (Wildman–Crippen LogP) is 3.06. The lowest BCUT2D eigenvalue weighted by Crippen LogP contribution is -2.22. The fourth-order valence-corrected chi connectivity index (χ4v) is 1.97. The molecule has 0 aromatic carbocycles. The highest BCUT2D eigenvalue weighted by atomic mass is 15.1. The van der Waals surface area contributed by atoms with E-state index in [0.29, 0.717) is 5.92 Å². The van der Waals surface area contributed by atoms with Gasteiger partial charge in [0.05, 0.1) is 6.54 Å². The van der Waals surface area contributed by atoms with Crippen LogP contribution in [0.15, 0.2) is 12.4 Å². The summed E-state index contributed by atoms with van der Waals surface area (Å²) in [6, 6.07) is 0. The van der Waals surface area contributed by atoms with E-state index >= 15 is 0 Å². The highest BCUT2D eigenvalue weighted by molar-refractivity contribution is 4.92. The molecule has 0 saturated heterocycles. The Balaban J connectivity index is 2.47. The molecule has 0 unspecified atom stereocenters. The fourth-order valence-electron chi connectivity index (χ4n) is 1.97. The maximum Gasteiger partial charge on any atom is 0.122 e. The molecule has 0 radical (unpaired) electrons. The monoisotopic (exact) mass is 237 g/mol. The number of rotatable bonds is 8. The molecule has 98 valence electrons. The van der Waals surface area contributed by atoms with Gasteiger partial charge < -0.3 is 9.88 Å². The van der Waals surface area contributed by atoms with Gasteiger partial charge in [-0.05, 0) is 18.4 Å². The van der Waals surface area contributed by atoms with E-state index in [1.54, 1.807) is 0 Å². The van der Waals surface area contributed by atoms with E-state index in [9.17, 15) is 0 Å². The van der Waals surface area contributed by atoms with Crippen molar-refractivity contribution in [1.29, 1.82) is 0 Å². The zero-order valence-corrected chi connectivity index (χ0v) is 11.7. The lowest BCUT2D eigenvalue weighted by atomic mass is 10.0. The van der Waals surface area contributed by atoms with Crippen LogP contribution in [0.5, 0.6) is 0 Å². The van der Waals surface area contributed by atoms with Gasteiger partial charge in [-0.25, -0.2) is 4.98 Å². The molecule has 0 saturated carbocycles. The quantitative estimate of drug-likeness (QED) is 0.753. The molecule has 17 heavy (non-hydrogen) atoms. The average Bonchev–Trinajstić information content (AvgIpc) is 2.73. The summed E-state index contributed by atoms with van der Waals surface area (Å²) in [4.78, 5) is 4.44. The summed E-state index contributed by atoms with van der Waals surface area (Å²) in [5.74, 6) is 2.63. The first kappa shape index (κ1) is 14.2. The third kappa shape index (κ3) is 4.90. The van der Waals surface area contributed by atoms with E-state index in [1.165, 1.54) is 12.8 Å². The van der Waals surface area contributed by atoms with Crippen molar-refractivity contribution in [3.63, 3.8) is 0 Å². The van der Waals surface area contributed by atoms with Crippen LogP contribution in [-0.2, 0) is 13.1 Å². The van der Waals surface area contributed by atoms with Gasteiger partial charge in [-0.15, -0.1) is 0 Å². The fraction of sp³-hybridized carbons (Fsp3) is 0.786. The average molecular weight is 237 g/mol. The second kappa shape index (κ2) is 7.49. The number of hydrogen-bond acceptors (Lipinski definition) is 2. The molecule has 0 aliphatic rings. The molecule has 0 bridgehead atoms. The summed E-state index contributed by atoms with van der Waals surface area (Å²) >= 11 is 0. The Bertz CT molecular complexity index is 300. The molecule has 1 heterocycles. The largest absolute Gasteiger partial charge is 0.334 e. The van der Waals surface area contributed by atoms with Gasteiger partial charge in [0.2, 0.25) is 0 Å². The minimum Gasteiger partial charge on any atom is -0.334 e. The van der Waals surface area contributed by atoms with Crippen LogP contribution in [0, 0.1) is 11.8 Å². The first-order chi connectivity index (χ1) is 8.17. The van der Waals surface area contributed by atoms with Crippen molar-refractivity contribution in [2.45, 2.75) is 53.6 Å². The Morgan fingerprint density at radius 1 is 1.29 bits per heavy atom. The van der Waals surface area contributed by atoms with Gasteiger partial charge in [-0.1, -0.05) is 40.5 Å². The topological polar surface area (TPSA) is 29.9 Å². The minimum absolute atomic E-state index is 0.692. The van der Waals surface area contributed by atoms with Gasteiger partial charge in [0.25, 0.3) is 0 Å². The standard InChI is InChI=1S/C14H27N3/c1-5-13(6-2)11-17-8-7-16-14(17)10-15-9-12(3)4/h7-8,12-13,15H,5-6,9-11H2,1-4H3. The van der Waals surface area contributed by atoms with Crippen molar-refractivity contribution in [2.24, 2.45) is 11.8 Å². The second-order valence-electron chi connectivity index (χ2n) is 5.20. The summed E-state index contributed by atoms with van der Waals surface area (Å²) in [5.41, 5.74) is 0. The summed E-state index contributed by atoms with van der Waals surface area (Å²) in [7, 11) is 0. The molecule has 3 heteroatoms. The van der Waals surface area contributed by atoms with Crippen LogP contribution in [0.3, 0.4) is 0 Å². The summed E-state index contributed by atoms with van der Waals surface area (Å²) < 4.78 is 2.30. The molecule has 1 aromatic rings. The van der Waals surface area contributed by atoms with Crippen molar-refractivity contribution in [3.8, 4) is 0 Å². The molecule has 0 fully saturated rings. The van der Waals surface area contributed by atoms with E-state index in [0.717, 1.165) is 31.4 Å². The molecule has 1 N–H and O–H groups in total. The zero-order valence-electron chi connectivity index (χ0n) is 11.7. The molecule has 1 aromatic heterocycles. The maximum atomic E-state index is 4.44. The first-order valence-electron chi connectivity index (χ1n) is 6.88. The second-order valence-corrected chi connectivity index (χ2v) is 5.20. The number of hydrogen-bond donors (Lipinski definition) is 1. The minimum atomic E-state index is 0.692. The SMILES string of the molecule is CCC(CC)Cn1ccnc1CNCC(C)C. The number of imidazole rings is 1. The van der Waals surface area contributed by atoms with E-state index in [2.05, 4.69) is 48.8 Å². The zero-order chi connectivity index (χ0) is 12.7. The maximum absolute atomic E-state index is 4.44. The third-order valence-electron chi connectivity index (χ3n) is 3.25. The molecule has 0 atom stereocenters. The van der Waals surface area contributed by atoms with Gasteiger partial charge in [-0.2, -0.15) is 0 Å². The van der Waals surface area contributed by atoms with E-state index in [1.807, 2.05) is 6.20 Å². The predicted molar refractivity (Wildman–Crippen MR) is 72.8 cm³/mol. The molecular weight excluding hydrogens is 210 g/mol. The van der Waals surface area contributed by atoms with E-state index in [4.69, 9.17) is 0 Å². The Morgan fingerprint density at radius 2 is 2.00 bits per heavy atom. The highest BCUT2D eigenvalue weighted by Gasteiger charge is 2.08. The first-order valence-corrected chi connectivity index (χ1v) is 6.88. The highest BCUT2D eigenvalue weighted by Crippen LogP contribution is 2.12. The molecule has 0 spiro atoms. The summed E-state index contributed by atoms with van der Waals surface area (Å²) in [6.45, 7) is 12.0. The smallest absolute Gasteiger partial charge is 0.122 e. The van der Waals surface area contributed by atoms with Crippen LogP contribution >= 0.6 is 0 Å². The summed E-state index contributed by atoms with van der Waals surface area (Å²) in [6.07, 6.45) is 6.50. The Hall–Kier alpha value is -0.830. The van der Waals surface area contributed by atoms with E-state index < -0.39 is 0 Å². The van der Waals surface area contributed by atoms with Crippen LogP contribution in [0.4, 0.5) is 0 Å². The third-order valence-corrected chi connectivity index (χ3v) is 3.25. The van der Waals surface area contributed by atoms with Gasteiger partial charge in [0, 0.05) is 18.9 Å². The van der Waals surface area contributed by atoms with Crippen LogP contribution in [0.1, 0.15) is 46.4 Å². The van der Waals surface area contributed by atoms with Gasteiger partial charge in [-0.3, -0.25) is 0 Å². The van der Waals surface area contributed by atoms with E-state index in [-0.39, 0.29) is 0 Å². The number of nitrogens with zero attached hydrogens (tertiary/aromatic N) is 2. The Kier molecular flexibility index (Phi) is 6.27.